The number of nitroso groups, excluding NO2 is 1. The van der Waals surface area contributed by atoms with Crippen molar-refractivity contribution >= 4 is 34.3 Å². The molecule has 11 heteroatoms. The lowest BCUT2D eigenvalue weighted by molar-refractivity contribution is -0.274. The Morgan fingerprint density at radius 2 is 1.68 bits per heavy atom. The zero-order valence-corrected chi connectivity index (χ0v) is 19.7. The normalized spacial score (nSPS) is 11.6. The highest BCUT2D eigenvalue weighted by atomic mass is 19.4. The first-order valence-corrected chi connectivity index (χ1v) is 11.2. The lowest BCUT2D eigenvalue weighted by Crippen LogP contribution is -2.17. The zero-order valence-electron chi connectivity index (χ0n) is 19.7. The van der Waals surface area contributed by atoms with Crippen molar-refractivity contribution in [1.82, 2.24) is 5.43 Å². The molecule has 0 heterocycles. The number of amides is 1. The highest BCUT2D eigenvalue weighted by molar-refractivity contribution is 6.02. The van der Waals surface area contributed by atoms with Crippen LogP contribution < -0.4 is 15.9 Å². The van der Waals surface area contributed by atoms with Gasteiger partial charge in [-0.15, -0.1) is 18.1 Å². The van der Waals surface area contributed by atoms with E-state index in [1.54, 1.807) is 0 Å². The van der Waals surface area contributed by atoms with Crippen molar-refractivity contribution in [3.05, 3.63) is 106 Å². The number of nitrogen functional groups attached to an aromatic ring is 1. The van der Waals surface area contributed by atoms with Crippen LogP contribution in [-0.2, 0) is 18.0 Å². The minimum Gasteiger partial charge on any atom is -0.406 e. The summed E-state index contributed by atoms with van der Waals surface area (Å²) in [6.07, 6.45) is -3.22. The van der Waals surface area contributed by atoms with E-state index < -0.39 is 12.3 Å². The van der Waals surface area contributed by atoms with E-state index in [0.717, 1.165) is 21.9 Å². The molecule has 1 amide bonds. The van der Waals surface area contributed by atoms with E-state index in [1.165, 1.54) is 48.7 Å². The maximum Gasteiger partial charge on any atom is 0.573 e. The maximum absolute atomic E-state index is 12.4. The van der Waals surface area contributed by atoms with Crippen molar-refractivity contribution in [2.24, 2.45) is 10.3 Å². The molecule has 0 atom stereocenters. The highest BCUT2D eigenvalue weighted by Crippen LogP contribution is 2.25. The van der Waals surface area contributed by atoms with Crippen LogP contribution in [0.3, 0.4) is 0 Å². The fraction of sp³-hybridized carbons (Fsp3) is 0.111. The number of nitrogens with two attached hydrogens (primary N) is 1. The average molecular weight is 522 g/mol. The molecule has 4 aromatic rings. The Bertz CT molecular complexity index is 1490. The smallest absolute Gasteiger partial charge is 0.406 e. The van der Waals surface area contributed by atoms with E-state index in [2.05, 4.69) is 20.4 Å². The topological polar surface area (TPSA) is 115 Å². The first kappa shape index (κ1) is 26.3. The summed E-state index contributed by atoms with van der Waals surface area (Å²) in [7, 11) is 0. The number of nitrogens with one attached hydrogen (secondary N) is 1. The standard InChI is InChI=1S/C27H21F3N4O4/c28-27(29,30)38-21-10-7-17(8-11-21)15-37-16-20-4-2-5-22-19(3-1-6-23(20)22)14-32-33-26(35)18-9-12-25(34-36)24(31)13-18/h1-14H,15-16,31H2,(H,33,35)/b32-14+. The second-order valence-corrected chi connectivity index (χ2v) is 8.11. The third kappa shape index (κ3) is 6.71. The molecule has 38 heavy (non-hydrogen) atoms. The van der Waals surface area contributed by atoms with Gasteiger partial charge in [-0.25, -0.2) is 5.43 Å². The molecule has 4 rings (SSSR count). The predicted octanol–water partition coefficient (Wildman–Crippen LogP) is 6.20. The van der Waals surface area contributed by atoms with Crippen molar-refractivity contribution < 1.29 is 27.4 Å². The number of nitrogens with zero attached hydrogens (tertiary/aromatic N) is 2. The Morgan fingerprint density at radius 1 is 0.947 bits per heavy atom. The molecule has 0 aromatic heterocycles. The number of halogens is 3. The number of benzene rings is 4. The lowest BCUT2D eigenvalue weighted by atomic mass is 10.0. The number of hydrogen-bond donors (Lipinski definition) is 2. The summed E-state index contributed by atoms with van der Waals surface area (Å²) in [6.45, 7) is 0.465. The Morgan fingerprint density at radius 3 is 2.39 bits per heavy atom. The summed E-state index contributed by atoms with van der Waals surface area (Å²) < 4.78 is 46.6. The molecule has 0 aliphatic heterocycles. The van der Waals surface area contributed by atoms with Gasteiger partial charge in [-0.1, -0.05) is 48.5 Å². The van der Waals surface area contributed by atoms with Crippen molar-refractivity contribution in [3.8, 4) is 5.75 Å². The molecule has 3 N–H and O–H groups in total. The number of fused-ring (bicyclic) bond motifs is 1. The molecule has 0 saturated heterocycles. The van der Waals surface area contributed by atoms with Crippen molar-refractivity contribution in [3.63, 3.8) is 0 Å². The van der Waals surface area contributed by atoms with Gasteiger partial charge in [-0.2, -0.15) is 5.10 Å². The molecule has 8 nitrogen and oxygen atoms in total. The largest absolute Gasteiger partial charge is 0.573 e. The third-order valence-electron chi connectivity index (χ3n) is 5.49. The molecular formula is C27H21F3N4O4. The monoisotopic (exact) mass is 522 g/mol. The maximum atomic E-state index is 12.4. The second-order valence-electron chi connectivity index (χ2n) is 8.11. The number of carbonyl (C=O) groups is 1. The summed E-state index contributed by atoms with van der Waals surface area (Å²) in [6, 6.07) is 20.9. The number of hydrogen-bond acceptors (Lipinski definition) is 7. The number of carbonyl (C=O) groups excluding carboxylic acids is 1. The van der Waals surface area contributed by atoms with Crippen LogP contribution in [0.5, 0.6) is 5.75 Å². The molecule has 0 unspecified atom stereocenters. The molecule has 0 fully saturated rings. The summed E-state index contributed by atoms with van der Waals surface area (Å²) in [5.74, 6) is -0.796. The SMILES string of the molecule is Nc1cc(C(=O)N/N=C/c2cccc3c(COCc4ccc(OC(F)(F)F)cc4)cccc23)ccc1N=O. The van der Waals surface area contributed by atoms with E-state index >= 15 is 0 Å². The average Bonchev–Trinajstić information content (AvgIpc) is 2.89. The molecule has 0 bridgehead atoms. The lowest BCUT2D eigenvalue weighted by Gasteiger charge is -2.11. The molecule has 0 aliphatic carbocycles. The van der Waals surface area contributed by atoms with Crippen molar-refractivity contribution in [2.45, 2.75) is 19.6 Å². The molecular weight excluding hydrogens is 501 g/mol. The Labute approximate surface area is 214 Å². The van der Waals surface area contributed by atoms with Gasteiger partial charge in [0.05, 0.1) is 25.1 Å². The number of alkyl halides is 3. The van der Waals surface area contributed by atoms with Crippen LogP contribution in [0.1, 0.15) is 27.0 Å². The fourth-order valence-corrected chi connectivity index (χ4v) is 3.71. The van der Waals surface area contributed by atoms with Crippen LogP contribution in [0.2, 0.25) is 0 Å². The van der Waals surface area contributed by atoms with E-state index in [1.807, 2.05) is 36.4 Å². The number of anilines is 1. The van der Waals surface area contributed by atoms with Crippen molar-refractivity contribution in [2.75, 3.05) is 5.73 Å². The van der Waals surface area contributed by atoms with Gasteiger partial charge in [0.25, 0.3) is 5.91 Å². The van der Waals surface area contributed by atoms with Crippen LogP contribution >= 0.6 is 0 Å². The highest BCUT2D eigenvalue weighted by Gasteiger charge is 2.30. The van der Waals surface area contributed by atoms with Gasteiger partial charge in [-0.05, 0) is 57.4 Å². The number of ether oxygens (including phenoxy) is 2. The fourth-order valence-electron chi connectivity index (χ4n) is 3.71. The van der Waals surface area contributed by atoms with Gasteiger partial charge in [0.15, 0.2) is 0 Å². The van der Waals surface area contributed by atoms with Gasteiger partial charge >= 0.3 is 6.36 Å². The summed E-state index contributed by atoms with van der Waals surface area (Å²) in [5.41, 5.74) is 10.8. The summed E-state index contributed by atoms with van der Waals surface area (Å²) in [5, 5.41) is 8.61. The molecule has 0 spiro atoms. The van der Waals surface area contributed by atoms with Gasteiger partial charge < -0.3 is 15.2 Å². The van der Waals surface area contributed by atoms with Crippen LogP contribution in [0, 0.1) is 4.91 Å². The molecule has 0 aliphatic rings. The van der Waals surface area contributed by atoms with E-state index in [-0.39, 0.29) is 35.9 Å². The molecule has 4 aromatic carbocycles. The van der Waals surface area contributed by atoms with E-state index in [0.29, 0.717) is 5.56 Å². The van der Waals surface area contributed by atoms with E-state index in [4.69, 9.17) is 10.5 Å². The third-order valence-corrected chi connectivity index (χ3v) is 5.49. The number of hydrazone groups is 1. The first-order chi connectivity index (χ1) is 18.2. The Balaban J connectivity index is 1.40. The second kappa shape index (κ2) is 11.5. The zero-order chi connectivity index (χ0) is 27.1. The van der Waals surface area contributed by atoms with Crippen LogP contribution in [0.4, 0.5) is 24.5 Å². The van der Waals surface area contributed by atoms with E-state index in [9.17, 15) is 22.9 Å². The van der Waals surface area contributed by atoms with Gasteiger partial charge in [0.2, 0.25) is 0 Å². The van der Waals surface area contributed by atoms with Crippen LogP contribution in [-0.4, -0.2) is 18.5 Å². The molecule has 0 radical (unpaired) electrons. The Kier molecular flexibility index (Phi) is 7.97. The Hall–Kier alpha value is -4.77. The number of rotatable bonds is 9. The quantitative estimate of drug-likeness (QED) is 0.118. The molecule has 194 valence electrons. The van der Waals surface area contributed by atoms with Gasteiger partial charge in [-0.3, -0.25) is 4.79 Å². The molecule has 0 saturated carbocycles. The van der Waals surface area contributed by atoms with Gasteiger partial charge in [0, 0.05) is 11.1 Å². The van der Waals surface area contributed by atoms with Crippen LogP contribution in [0.15, 0.2) is 89.1 Å². The van der Waals surface area contributed by atoms with Crippen LogP contribution in [0.25, 0.3) is 10.8 Å². The minimum absolute atomic E-state index is 0.0500. The first-order valence-electron chi connectivity index (χ1n) is 11.2. The van der Waals surface area contributed by atoms with Crippen molar-refractivity contribution in [1.29, 1.82) is 0 Å². The minimum atomic E-state index is -4.74. The predicted molar refractivity (Wildman–Crippen MR) is 137 cm³/mol. The summed E-state index contributed by atoms with van der Waals surface area (Å²) in [4.78, 5) is 23.0. The van der Waals surface area contributed by atoms with Gasteiger partial charge in [0.1, 0.15) is 11.4 Å². The summed E-state index contributed by atoms with van der Waals surface area (Å²) >= 11 is 0.